The molecule has 0 atom stereocenters. The lowest BCUT2D eigenvalue weighted by Crippen LogP contribution is -1.90. The monoisotopic (exact) mass is 215 g/mol. The Hall–Kier alpha value is -0.750. The highest BCUT2D eigenvalue weighted by molar-refractivity contribution is 7.38. The molecule has 0 saturated carbocycles. The number of carbonyl (C=O) groups is 2. The lowest BCUT2D eigenvalue weighted by molar-refractivity contribution is -0.137. The lowest BCUT2D eigenvalue weighted by Gasteiger charge is -1.79. The van der Waals surface area contributed by atoms with Gasteiger partial charge in [0.15, 0.2) is 0 Å². The molecule has 0 saturated heterocycles. The molecule has 0 fully saturated rings. The van der Waals surface area contributed by atoms with Gasteiger partial charge in [-0.2, -0.15) is 0 Å². The fourth-order valence-corrected chi connectivity index (χ4v) is 0.214. The second-order valence-corrected chi connectivity index (χ2v) is 2.08. The Balaban J connectivity index is -0.000000125. The van der Waals surface area contributed by atoms with E-state index in [0.29, 0.717) is 6.42 Å². The normalized spacial score (nSPS) is 7.46. The van der Waals surface area contributed by atoms with E-state index in [0.717, 1.165) is 6.42 Å². The number of carboxylic acid groups (broad SMARTS) is 1. The lowest BCUT2D eigenvalue weighted by atomic mass is 10.4. The molecular weight excluding hydrogens is 201 g/mol. The first-order chi connectivity index (χ1) is 5.92. The Bertz CT molecular complexity index is 117. The van der Waals surface area contributed by atoms with Gasteiger partial charge < -0.3 is 25.5 Å². The minimum absolute atomic E-state index is 0.250. The third-order valence-corrected chi connectivity index (χ3v) is 0.464. The highest BCUT2D eigenvalue weighted by atomic mass is 31.2. The number of carboxylic acids is 1. The molecule has 0 spiro atoms. The van der Waals surface area contributed by atoms with Gasteiger partial charge in [0.2, 0.25) is 6.41 Å². The minimum atomic E-state index is -2.62. The van der Waals surface area contributed by atoms with Crippen LogP contribution >= 0.6 is 8.60 Å². The molecule has 80 valence electrons. The van der Waals surface area contributed by atoms with Gasteiger partial charge in [-0.05, 0) is 6.42 Å². The first-order valence-electron chi connectivity index (χ1n) is 3.16. The van der Waals surface area contributed by atoms with Crippen LogP contribution in [0.5, 0.6) is 0 Å². The first-order valence-corrected chi connectivity index (χ1v) is 4.36. The molecule has 7 nitrogen and oxygen atoms in total. The van der Waals surface area contributed by atoms with E-state index in [1.165, 1.54) is 0 Å². The topological polar surface area (TPSA) is 141 Å². The van der Waals surface area contributed by atoms with Crippen LogP contribution in [0.1, 0.15) is 19.8 Å². The van der Waals surface area contributed by atoms with E-state index in [4.69, 9.17) is 24.6 Å². The summed E-state index contributed by atoms with van der Waals surface area (Å²) in [6.45, 7) is 1.84. The van der Waals surface area contributed by atoms with Gasteiger partial charge >= 0.3 is 14.6 Å². The molecule has 0 aromatic carbocycles. The number of hydrogen-bond donors (Lipinski definition) is 5. The van der Waals surface area contributed by atoms with Crippen molar-refractivity contribution in [2.45, 2.75) is 19.8 Å². The SMILES string of the molecule is CCCC(=O)O.NC=O.OP(O)O. The summed E-state index contributed by atoms with van der Waals surface area (Å²) < 4.78 is 0. The molecule has 6 N–H and O–H groups in total. The summed E-state index contributed by atoms with van der Waals surface area (Å²) in [5.41, 5.74) is 4.17. The van der Waals surface area contributed by atoms with Crippen LogP contribution in [0.15, 0.2) is 0 Å². The van der Waals surface area contributed by atoms with Crippen molar-refractivity contribution in [1.82, 2.24) is 0 Å². The Morgan fingerprint density at radius 1 is 1.46 bits per heavy atom. The van der Waals surface area contributed by atoms with E-state index in [1.54, 1.807) is 0 Å². The van der Waals surface area contributed by atoms with Crippen LogP contribution in [0.3, 0.4) is 0 Å². The van der Waals surface area contributed by atoms with Crippen molar-refractivity contribution in [3.8, 4) is 0 Å². The van der Waals surface area contributed by atoms with E-state index in [-0.39, 0.29) is 6.41 Å². The minimum Gasteiger partial charge on any atom is -0.481 e. The van der Waals surface area contributed by atoms with Gasteiger partial charge in [0.05, 0.1) is 0 Å². The van der Waals surface area contributed by atoms with Crippen molar-refractivity contribution < 1.29 is 29.4 Å². The van der Waals surface area contributed by atoms with E-state index in [1.807, 2.05) is 6.92 Å². The number of amides is 1. The van der Waals surface area contributed by atoms with Crippen molar-refractivity contribution in [2.24, 2.45) is 5.73 Å². The fraction of sp³-hybridized carbons (Fsp3) is 0.600. The van der Waals surface area contributed by atoms with Crippen LogP contribution in [0.2, 0.25) is 0 Å². The summed E-state index contributed by atoms with van der Waals surface area (Å²) in [6.07, 6.45) is 1.27. The van der Waals surface area contributed by atoms with Crippen molar-refractivity contribution >= 4 is 21.0 Å². The predicted octanol–water partition coefficient (Wildman–Crippen LogP) is -0.837. The molecule has 0 heterocycles. The van der Waals surface area contributed by atoms with Crippen LogP contribution in [-0.4, -0.2) is 32.2 Å². The largest absolute Gasteiger partial charge is 0.481 e. The average molecular weight is 215 g/mol. The fourth-order valence-electron chi connectivity index (χ4n) is 0.214. The molecule has 0 aliphatic rings. The smallest absolute Gasteiger partial charge is 0.324 e. The predicted molar refractivity (Wildman–Crippen MR) is 46.4 cm³/mol. The van der Waals surface area contributed by atoms with Crippen molar-refractivity contribution in [2.75, 3.05) is 0 Å². The molecule has 0 aliphatic carbocycles. The Labute approximate surface area is 76.8 Å². The highest BCUT2D eigenvalue weighted by Gasteiger charge is 1.87. The number of rotatable bonds is 2. The summed E-state index contributed by atoms with van der Waals surface area (Å²) >= 11 is 0. The second kappa shape index (κ2) is 17.4. The zero-order valence-electron chi connectivity index (χ0n) is 7.12. The van der Waals surface area contributed by atoms with Gasteiger partial charge in [0, 0.05) is 6.42 Å². The van der Waals surface area contributed by atoms with Crippen molar-refractivity contribution in [3.63, 3.8) is 0 Å². The van der Waals surface area contributed by atoms with Crippen LogP contribution in [0, 0.1) is 0 Å². The Kier molecular flexibility index (Phi) is 24.2. The van der Waals surface area contributed by atoms with Crippen LogP contribution in [0.25, 0.3) is 0 Å². The summed E-state index contributed by atoms with van der Waals surface area (Å²) in [4.78, 5) is 39.9. The molecule has 0 aromatic heterocycles. The number of primary amides is 1. The maximum absolute atomic E-state index is 9.60. The van der Waals surface area contributed by atoms with Gasteiger partial charge in [0.25, 0.3) is 0 Å². The number of nitrogens with two attached hydrogens (primary N) is 1. The molecule has 0 aromatic rings. The van der Waals surface area contributed by atoms with Gasteiger partial charge in [-0.15, -0.1) is 0 Å². The number of hydrogen-bond acceptors (Lipinski definition) is 5. The van der Waals surface area contributed by atoms with E-state index in [2.05, 4.69) is 5.73 Å². The van der Waals surface area contributed by atoms with Crippen LogP contribution in [-0.2, 0) is 9.59 Å². The summed E-state index contributed by atoms with van der Waals surface area (Å²) in [6, 6.07) is 0. The standard InChI is InChI=1S/C4H8O2.CH3NO.H3O3P/c1-2-3-4(5)6;2-1-3;1-4(2)3/h2-3H2,1H3,(H,5,6);1H,(H2,2,3);1-3H. The quantitative estimate of drug-likeness (QED) is 0.300. The number of carbonyl (C=O) groups excluding carboxylic acids is 1. The Morgan fingerprint density at radius 2 is 1.69 bits per heavy atom. The molecule has 8 heteroatoms. The number of aliphatic carboxylic acids is 1. The maximum Gasteiger partial charge on any atom is 0.324 e. The van der Waals surface area contributed by atoms with Crippen LogP contribution < -0.4 is 5.73 Å². The van der Waals surface area contributed by atoms with Crippen molar-refractivity contribution in [1.29, 1.82) is 0 Å². The highest BCUT2D eigenvalue weighted by Crippen LogP contribution is 2.11. The zero-order chi connectivity index (χ0) is 11.3. The summed E-state index contributed by atoms with van der Waals surface area (Å²) in [5.74, 6) is -0.711. The average Bonchev–Trinajstić information content (AvgIpc) is 1.86. The third-order valence-electron chi connectivity index (χ3n) is 0.464. The molecule has 0 unspecified atom stereocenters. The molecule has 1 amide bonds. The summed E-state index contributed by atoms with van der Waals surface area (Å²) in [7, 11) is -2.62. The third kappa shape index (κ3) is 190. The van der Waals surface area contributed by atoms with Crippen LogP contribution in [0.4, 0.5) is 0 Å². The van der Waals surface area contributed by atoms with E-state index < -0.39 is 14.6 Å². The molecule has 0 aliphatic heterocycles. The molecule has 0 rings (SSSR count). The Morgan fingerprint density at radius 3 is 1.69 bits per heavy atom. The first kappa shape index (κ1) is 18.1. The van der Waals surface area contributed by atoms with Crippen molar-refractivity contribution in [3.05, 3.63) is 0 Å². The molecule has 13 heavy (non-hydrogen) atoms. The molecular formula is C5H14NO6P. The van der Waals surface area contributed by atoms with Gasteiger partial charge in [-0.1, -0.05) is 6.92 Å². The van der Waals surface area contributed by atoms with E-state index in [9.17, 15) is 4.79 Å². The van der Waals surface area contributed by atoms with Gasteiger partial charge in [0.1, 0.15) is 0 Å². The van der Waals surface area contributed by atoms with Gasteiger partial charge in [-0.25, -0.2) is 0 Å². The maximum atomic E-state index is 9.60. The summed E-state index contributed by atoms with van der Waals surface area (Å²) in [5, 5.41) is 7.91. The molecule has 0 radical (unpaired) electrons. The molecule has 0 bridgehead atoms. The zero-order valence-corrected chi connectivity index (χ0v) is 8.02. The van der Waals surface area contributed by atoms with E-state index >= 15 is 0 Å². The van der Waals surface area contributed by atoms with Gasteiger partial charge in [-0.3, -0.25) is 9.59 Å². The second-order valence-electron chi connectivity index (χ2n) is 1.55.